The van der Waals surface area contributed by atoms with Gasteiger partial charge in [-0.15, -0.1) is 11.3 Å². The molecule has 1 atom stereocenters. The molecule has 3 amide bonds. The highest BCUT2D eigenvalue weighted by molar-refractivity contribution is 7.15. The van der Waals surface area contributed by atoms with Gasteiger partial charge in [-0.2, -0.15) is 18.3 Å². The molecule has 0 aromatic carbocycles. The number of anilines is 1. The molecule has 0 bridgehead atoms. The fourth-order valence-corrected chi connectivity index (χ4v) is 3.73. The molecule has 3 rings (SSSR count). The van der Waals surface area contributed by atoms with Crippen LogP contribution in [0.15, 0.2) is 18.5 Å². The highest BCUT2D eigenvalue weighted by Gasteiger charge is 2.38. The van der Waals surface area contributed by atoms with Crippen LogP contribution in [-0.4, -0.2) is 58.1 Å². The molecule has 0 aliphatic carbocycles. The maximum Gasteiger partial charge on any atom is 0.490 e. The highest BCUT2D eigenvalue weighted by Crippen LogP contribution is 2.27. The predicted molar refractivity (Wildman–Crippen MR) is 118 cm³/mol. The Kier molecular flexibility index (Phi) is 9.46. The van der Waals surface area contributed by atoms with Gasteiger partial charge in [-0.1, -0.05) is 18.3 Å². The van der Waals surface area contributed by atoms with Crippen molar-refractivity contribution >= 4 is 34.9 Å². The summed E-state index contributed by atoms with van der Waals surface area (Å²) in [7, 11) is 1.82. The number of carboxylic acids is 1. The minimum atomic E-state index is -5.08. The molecule has 34 heavy (non-hydrogen) atoms. The van der Waals surface area contributed by atoms with Gasteiger partial charge < -0.3 is 26.8 Å². The van der Waals surface area contributed by atoms with Crippen molar-refractivity contribution in [1.82, 2.24) is 20.4 Å². The van der Waals surface area contributed by atoms with Crippen LogP contribution in [0, 0.1) is 11.8 Å². The number of alkyl halides is 3. The first-order valence-electron chi connectivity index (χ1n) is 9.98. The molecule has 0 radical (unpaired) electrons. The number of hydrogen-bond donors (Lipinski definition) is 5. The Morgan fingerprint density at radius 1 is 1.32 bits per heavy atom. The van der Waals surface area contributed by atoms with Crippen molar-refractivity contribution in [3.8, 4) is 11.8 Å². The number of aliphatic carboxylic acids is 1. The second kappa shape index (κ2) is 12.1. The Bertz CT molecular complexity index is 1080. The molecular weight excluding hydrogens is 477 g/mol. The van der Waals surface area contributed by atoms with E-state index in [2.05, 4.69) is 32.9 Å². The fourth-order valence-electron chi connectivity index (χ4n) is 2.86. The molecule has 0 unspecified atom stereocenters. The molecule has 184 valence electrons. The molecule has 10 nitrogen and oxygen atoms in total. The standard InChI is InChI=1S/C18H22N6O2S.C2HF3O2/c1-24-11-12(9-21-24)5-6-14-8-15(23-18(19)26)16(27-14)17(25)22-13-4-2-3-7-20-10-13;3-2(4,5)1(6)7/h8-9,11,13,20H,2-4,7,10H2,1H3,(H,22,25)(H3,19,23,26);(H,6,7)/t13-;/m0./s1. The lowest BCUT2D eigenvalue weighted by Crippen LogP contribution is -2.40. The summed E-state index contributed by atoms with van der Waals surface area (Å²) >= 11 is 1.23. The largest absolute Gasteiger partial charge is 0.490 e. The quantitative estimate of drug-likeness (QED) is 0.406. The van der Waals surface area contributed by atoms with E-state index >= 15 is 0 Å². The number of carbonyl (C=O) groups excluding carboxylic acids is 2. The number of nitrogens with two attached hydrogens (primary N) is 1. The molecule has 1 fully saturated rings. The number of primary amides is 1. The van der Waals surface area contributed by atoms with E-state index in [1.807, 2.05) is 7.05 Å². The first-order chi connectivity index (χ1) is 16.0. The molecule has 2 aromatic rings. The zero-order chi connectivity index (χ0) is 25.3. The normalized spacial score (nSPS) is 15.6. The number of rotatable bonds is 3. The number of thiophene rings is 1. The maximum absolute atomic E-state index is 12.7. The van der Waals surface area contributed by atoms with Crippen LogP contribution >= 0.6 is 11.3 Å². The molecule has 0 saturated carbocycles. The number of halogens is 3. The van der Waals surface area contributed by atoms with Crippen molar-refractivity contribution in [3.63, 3.8) is 0 Å². The number of urea groups is 1. The van der Waals surface area contributed by atoms with Crippen molar-refractivity contribution < 1.29 is 32.7 Å². The van der Waals surface area contributed by atoms with E-state index in [4.69, 9.17) is 15.6 Å². The van der Waals surface area contributed by atoms with Crippen LogP contribution in [0.2, 0.25) is 0 Å². The fraction of sp³-hybridized carbons (Fsp3) is 0.400. The molecule has 3 heterocycles. The summed E-state index contributed by atoms with van der Waals surface area (Å²) in [6.45, 7) is 1.71. The maximum atomic E-state index is 12.7. The van der Waals surface area contributed by atoms with Crippen molar-refractivity contribution in [2.75, 3.05) is 18.4 Å². The van der Waals surface area contributed by atoms with Crippen LogP contribution in [-0.2, 0) is 11.8 Å². The van der Waals surface area contributed by atoms with E-state index in [1.54, 1.807) is 23.1 Å². The van der Waals surface area contributed by atoms with E-state index in [0.29, 0.717) is 15.4 Å². The first-order valence-corrected chi connectivity index (χ1v) is 10.8. The number of nitrogens with zero attached hydrogens (tertiary/aromatic N) is 2. The van der Waals surface area contributed by atoms with Crippen LogP contribution < -0.4 is 21.7 Å². The Labute approximate surface area is 196 Å². The van der Waals surface area contributed by atoms with Crippen LogP contribution in [0.5, 0.6) is 0 Å². The zero-order valence-corrected chi connectivity index (χ0v) is 18.8. The van der Waals surface area contributed by atoms with Gasteiger partial charge in [-0.25, -0.2) is 9.59 Å². The van der Waals surface area contributed by atoms with Crippen LogP contribution in [0.4, 0.5) is 23.7 Å². The van der Waals surface area contributed by atoms with Crippen molar-refractivity contribution in [2.24, 2.45) is 12.8 Å². The molecule has 0 spiro atoms. The number of aromatic nitrogens is 2. The van der Waals surface area contributed by atoms with Gasteiger partial charge >= 0.3 is 18.2 Å². The number of hydrogen-bond acceptors (Lipinski definition) is 6. The summed E-state index contributed by atoms with van der Waals surface area (Å²) in [6.07, 6.45) is 1.48. The summed E-state index contributed by atoms with van der Waals surface area (Å²) in [5, 5.41) is 20.1. The van der Waals surface area contributed by atoms with Gasteiger partial charge in [0, 0.05) is 25.8 Å². The van der Waals surface area contributed by atoms with E-state index in [9.17, 15) is 22.8 Å². The second-order valence-corrected chi connectivity index (χ2v) is 8.22. The molecule has 1 saturated heterocycles. The third kappa shape index (κ3) is 8.75. The zero-order valence-electron chi connectivity index (χ0n) is 18.0. The molecular formula is C20H23F3N6O4S. The van der Waals surface area contributed by atoms with Crippen molar-refractivity contribution in [1.29, 1.82) is 0 Å². The average molecular weight is 501 g/mol. The summed E-state index contributed by atoms with van der Waals surface area (Å²) in [5.41, 5.74) is 6.39. The van der Waals surface area contributed by atoms with Gasteiger partial charge in [0.1, 0.15) is 4.88 Å². The van der Waals surface area contributed by atoms with Gasteiger partial charge in [-0.3, -0.25) is 9.48 Å². The second-order valence-electron chi connectivity index (χ2n) is 7.17. The number of carbonyl (C=O) groups is 3. The SMILES string of the molecule is Cn1cc(C#Cc2cc(NC(N)=O)c(C(=O)N[C@H]3CCCCNC3)s2)cn1.O=C(O)C(F)(F)F. The third-order valence-electron chi connectivity index (χ3n) is 4.36. The molecule has 1 aliphatic rings. The van der Waals surface area contributed by atoms with Crippen LogP contribution in [0.1, 0.15) is 39.4 Å². The smallest absolute Gasteiger partial charge is 0.475 e. The monoisotopic (exact) mass is 500 g/mol. The highest BCUT2D eigenvalue weighted by atomic mass is 32.1. The third-order valence-corrected chi connectivity index (χ3v) is 5.40. The lowest BCUT2D eigenvalue weighted by atomic mass is 10.1. The number of carboxylic acid groups (broad SMARTS) is 1. The molecule has 14 heteroatoms. The number of amides is 3. The van der Waals surface area contributed by atoms with Crippen molar-refractivity contribution in [3.05, 3.63) is 33.8 Å². The van der Waals surface area contributed by atoms with Gasteiger partial charge in [0.2, 0.25) is 0 Å². The lowest BCUT2D eigenvalue weighted by molar-refractivity contribution is -0.192. The summed E-state index contributed by atoms with van der Waals surface area (Å²) in [5.74, 6) is 3.02. The minimum Gasteiger partial charge on any atom is -0.475 e. The van der Waals surface area contributed by atoms with Gasteiger partial charge in [0.05, 0.1) is 22.3 Å². The Morgan fingerprint density at radius 2 is 2.03 bits per heavy atom. The Morgan fingerprint density at radius 3 is 2.62 bits per heavy atom. The first kappa shape index (κ1) is 26.7. The summed E-state index contributed by atoms with van der Waals surface area (Å²) < 4.78 is 33.4. The van der Waals surface area contributed by atoms with E-state index in [-0.39, 0.29) is 11.9 Å². The van der Waals surface area contributed by atoms with E-state index in [1.165, 1.54) is 11.3 Å². The minimum absolute atomic E-state index is 0.0634. The van der Waals surface area contributed by atoms with Crippen molar-refractivity contribution in [2.45, 2.75) is 31.5 Å². The molecule has 1 aliphatic heterocycles. The Balaban J connectivity index is 0.000000509. The average Bonchev–Trinajstić information content (AvgIpc) is 3.24. The number of nitrogens with one attached hydrogen (secondary N) is 3. The van der Waals surface area contributed by atoms with Crippen LogP contribution in [0.3, 0.4) is 0 Å². The van der Waals surface area contributed by atoms with E-state index < -0.39 is 18.2 Å². The topological polar surface area (TPSA) is 151 Å². The summed E-state index contributed by atoms with van der Waals surface area (Å²) in [6, 6.07) is 1.01. The molecule has 6 N–H and O–H groups in total. The summed E-state index contributed by atoms with van der Waals surface area (Å²) in [4.78, 5) is 34.0. The molecule has 2 aromatic heterocycles. The van der Waals surface area contributed by atoms with E-state index in [0.717, 1.165) is 37.9 Å². The van der Waals surface area contributed by atoms with Crippen LogP contribution in [0.25, 0.3) is 0 Å². The number of aryl methyl sites for hydroxylation is 1. The van der Waals surface area contributed by atoms with Gasteiger partial charge in [-0.05, 0) is 25.5 Å². The lowest BCUT2D eigenvalue weighted by Gasteiger charge is -2.16. The Hall–Kier alpha value is -3.57. The van der Waals surface area contributed by atoms with Gasteiger partial charge in [0.15, 0.2) is 0 Å². The predicted octanol–water partition coefficient (Wildman–Crippen LogP) is 1.88. The van der Waals surface area contributed by atoms with Gasteiger partial charge in [0.25, 0.3) is 5.91 Å².